The zero-order valence-corrected chi connectivity index (χ0v) is 20.4. The molecule has 1 heterocycles. The van der Waals surface area contributed by atoms with Crippen molar-refractivity contribution in [1.82, 2.24) is 10.2 Å². The van der Waals surface area contributed by atoms with Gasteiger partial charge in [0.2, 0.25) is 0 Å². The third-order valence-corrected chi connectivity index (χ3v) is 6.84. The molecule has 0 aliphatic carbocycles. The lowest BCUT2D eigenvalue weighted by atomic mass is 9.69. The number of rotatable bonds is 9. The zero-order chi connectivity index (χ0) is 24.5. The average molecular weight is 471 g/mol. The number of Topliss-reactive ketones (excluding diaryl/α,β-unsaturated/α-hetero) is 1. The molecule has 3 aromatic rings. The number of ether oxygens (including phenoxy) is 1. The van der Waals surface area contributed by atoms with Crippen LogP contribution in [-0.2, 0) is 28.1 Å². The van der Waals surface area contributed by atoms with Gasteiger partial charge in [-0.1, -0.05) is 90.5 Å². The van der Waals surface area contributed by atoms with Crippen LogP contribution in [0, 0.1) is 6.92 Å². The number of nitrogens with one attached hydrogen (secondary N) is 1. The highest BCUT2D eigenvalue weighted by molar-refractivity contribution is 5.82. The van der Waals surface area contributed by atoms with Crippen molar-refractivity contribution in [3.8, 4) is 0 Å². The summed E-state index contributed by atoms with van der Waals surface area (Å²) in [5.74, 6) is 0.196. The maximum Gasteiger partial charge on any atom is 0.410 e. The van der Waals surface area contributed by atoms with Crippen LogP contribution < -0.4 is 5.32 Å². The molecule has 0 saturated carbocycles. The first kappa shape index (κ1) is 24.7. The van der Waals surface area contributed by atoms with Gasteiger partial charge in [-0.3, -0.25) is 4.79 Å². The minimum Gasteiger partial charge on any atom is -0.445 e. The summed E-state index contributed by atoms with van der Waals surface area (Å²) in [6, 6.07) is 28.3. The summed E-state index contributed by atoms with van der Waals surface area (Å²) in [6.07, 6.45) is 1.65. The van der Waals surface area contributed by atoms with Crippen LogP contribution in [0.2, 0.25) is 0 Å². The molecule has 0 radical (unpaired) electrons. The van der Waals surface area contributed by atoms with Gasteiger partial charge in [-0.25, -0.2) is 4.79 Å². The molecule has 4 rings (SSSR count). The van der Waals surface area contributed by atoms with E-state index in [1.807, 2.05) is 54.6 Å². The second-order valence-electron chi connectivity index (χ2n) is 9.48. The molecule has 1 fully saturated rings. The number of amides is 1. The lowest BCUT2D eigenvalue weighted by Crippen LogP contribution is -2.46. The molecule has 0 atom stereocenters. The molecular weight excluding hydrogens is 436 g/mol. The normalized spacial score (nSPS) is 14.9. The second-order valence-corrected chi connectivity index (χ2v) is 9.48. The minimum atomic E-state index is -0.290. The largest absolute Gasteiger partial charge is 0.445 e. The van der Waals surface area contributed by atoms with Crippen LogP contribution in [0.4, 0.5) is 4.79 Å². The Bertz CT molecular complexity index is 1110. The molecule has 3 aromatic carbocycles. The van der Waals surface area contributed by atoms with E-state index in [0.717, 1.165) is 18.4 Å². The fourth-order valence-corrected chi connectivity index (χ4v) is 4.90. The van der Waals surface area contributed by atoms with Crippen molar-refractivity contribution in [3.05, 3.63) is 107 Å². The lowest BCUT2D eigenvalue weighted by Gasteiger charge is -2.41. The summed E-state index contributed by atoms with van der Waals surface area (Å²) in [7, 11) is 0. The summed E-state index contributed by atoms with van der Waals surface area (Å²) in [5, 5.41) is 3.31. The van der Waals surface area contributed by atoms with Gasteiger partial charge in [0.15, 0.2) is 0 Å². The summed E-state index contributed by atoms with van der Waals surface area (Å²) >= 11 is 0. The van der Waals surface area contributed by atoms with Crippen molar-refractivity contribution in [2.45, 2.75) is 44.8 Å². The predicted octanol–water partition coefficient (Wildman–Crippen LogP) is 5.41. The zero-order valence-electron chi connectivity index (χ0n) is 20.4. The Morgan fingerprint density at radius 1 is 0.886 bits per heavy atom. The van der Waals surface area contributed by atoms with Gasteiger partial charge in [0, 0.05) is 31.5 Å². The molecule has 0 unspecified atom stereocenters. The van der Waals surface area contributed by atoms with Crippen molar-refractivity contribution in [1.29, 1.82) is 0 Å². The maximum absolute atomic E-state index is 13.1. The summed E-state index contributed by atoms with van der Waals surface area (Å²) in [6.45, 7) is 4.50. The Morgan fingerprint density at radius 2 is 1.54 bits per heavy atom. The highest BCUT2D eigenvalue weighted by atomic mass is 16.6. The van der Waals surface area contributed by atoms with Crippen LogP contribution in [0.3, 0.4) is 0 Å². The van der Waals surface area contributed by atoms with Crippen LogP contribution in [0.25, 0.3) is 0 Å². The van der Waals surface area contributed by atoms with Crippen LogP contribution in [0.15, 0.2) is 84.9 Å². The van der Waals surface area contributed by atoms with Gasteiger partial charge in [0.1, 0.15) is 12.4 Å². The Labute approximate surface area is 208 Å². The summed E-state index contributed by atoms with van der Waals surface area (Å²) in [4.78, 5) is 27.5. The monoisotopic (exact) mass is 470 g/mol. The number of hydrogen-bond acceptors (Lipinski definition) is 4. The first-order chi connectivity index (χ1) is 17.0. The van der Waals surface area contributed by atoms with Crippen molar-refractivity contribution in [2.24, 2.45) is 0 Å². The van der Waals surface area contributed by atoms with Crippen LogP contribution in [0.5, 0.6) is 0 Å². The number of ketones is 1. The Morgan fingerprint density at radius 3 is 2.23 bits per heavy atom. The molecule has 5 nitrogen and oxygen atoms in total. The van der Waals surface area contributed by atoms with E-state index in [9.17, 15) is 9.59 Å². The van der Waals surface area contributed by atoms with Crippen molar-refractivity contribution in [2.75, 3.05) is 19.6 Å². The van der Waals surface area contributed by atoms with Gasteiger partial charge < -0.3 is 15.0 Å². The van der Waals surface area contributed by atoms with E-state index in [1.165, 1.54) is 16.7 Å². The number of carbonyl (C=O) groups is 2. The molecule has 0 bridgehead atoms. The molecule has 1 amide bonds. The van der Waals surface area contributed by atoms with Crippen molar-refractivity contribution >= 4 is 11.9 Å². The van der Waals surface area contributed by atoms with Crippen LogP contribution in [-0.4, -0.2) is 36.4 Å². The molecule has 182 valence electrons. The second kappa shape index (κ2) is 11.8. The molecule has 1 N–H and O–H groups in total. The number of likely N-dealkylation sites (tertiary alicyclic amines) is 1. The maximum atomic E-state index is 13.1. The number of carbonyl (C=O) groups excluding carboxylic acids is 2. The highest BCUT2D eigenvalue weighted by Gasteiger charge is 2.39. The van der Waals surface area contributed by atoms with E-state index in [0.29, 0.717) is 32.6 Å². The van der Waals surface area contributed by atoms with E-state index >= 15 is 0 Å². The molecule has 1 aliphatic rings. The fourth-order valence-electron chi connectivity index (χ4n) is 4.90. The molecular formula is C30H34N2O3. The number of piperidine rings is 1. The Balaban J connectivity index is 1.34. The van der Waals surface area contributed by atoms with Gasteiger partial charge in [0.25, 0.3) is 0 Å². The van der Waals surface area contributed by atoms with E-state index in [1.54, 1.807) is 4.90 Å². The number of nitrogens with zero attached hydrogens (tertiary/aromatic N) is 1. The van der Waals surface area contributed by atoms with Crippen LogP contribution in [0.1, 0.15) is 41.5 Å². The third-order valence-electron chi connectivity index (χ3n) is 6.84. The molecule has 0 aromatic heterocycles. The first-order valence-corrected chi connectivity index (χ1v) is 12.3. The van der Waals surface area contributed by atoms with E-state index in [4.69, 9.17) is 4.74 Å². The quantitative estimate of drug-likeness (QED) is 0.454. The van der Waals surface area contributed by atoms with E-state index in [-0.39, 0.29) is 23.9 Å². The van der Waals surface area contributed by atoms with Crippen molar-refractivity contribution in [3.63, 3.8) is 0 Å². The SMILES string of the molecule is Cc1cccc(CNCC(=O)CC2(c3ccccc3)CCN(C(=O)OCc3ccccc3)CC2)c1. The van der Waals surface area contributed by atoms with Crippen LogP contribution >= 0.6 is 0 Å². The Hall–Kier alpha value is -3.44. The minimum absolute atomic E-state index is 0.196. The number of hydrogen-bond donors (Lipinski definition) is 1. The standard InChI is InChI=1S/C30H34N2O3/c1-24-9-8-12-26(19-24)21-31-22-28(33)20-30(27-13-6-3-7-14-27)15-17-32(18-16-30)29(34)35-23-25-10-4-2-5-11-25/h2-14,19,31H,15-18,20-23H2,1H3. The molecule has 1 saturated heterocycles. The third kappa shape index (κ3) is 6.80. The highest BCUT2D eigenvalue weighted by Crippen LogP contribution is 2.39. The molecule has 1 aliphatic heterocycles. The fraction of sp³-hybridized carbons (Fsp3) is 0.333. The van der Waals surface area contributed by atoms with E-state index in [2.05, 4.69) is 42.6 Å². The summed E-state index contributed by atoms with van der Waals surface area (Å²) < 4.78 is 5.54. The van der Waals surface area contributed by atoms with Gasteiger partial charge in [0.05, 0.1) is 6.54 Å². The number of aryl methyl sites for hydroxylation is 1. The topological polar surface area (TPSA) is 58.6 Å². The summed E-state index contributed by atoms with van der Waals surface area (Å²) in [5.41, 5.74) is 4.27. The first-order valence-electron chi connectivity index (χ1n) is 12.3. The van der Waals surface area contributed by atoms with Crippen molar-refractivity contribution < 1.29 is 14.3 Å². The Kier molecular flexibility index (Phi) is 8.32. The lowest BCUT2D eigenvalue weighted by molar-refractivity contribution is -0.120. The van der Waals surface area contributed by atoms with Gasteiger partial charge in [-0.2, -0.15) is 0 Å². The molecule has 35 heavy (non-hydrogen) atoms. The van der Waals surface area contributed by atoms with Gasteiger partial charge in [-0.05, 0) is 36.5 Å². The molecule has 0 spiro atoms. The molecule has 5 heteroatoms. The van der Waals surface area contributed by atoms with E-state index < -0.39 is 0 Å². The van der Waals surface area contributed by atoms with Gasteiger partial charge >= 0.3 is 6.09 Å². The average Bonchev–Trinajstić information content (AvgIpc) is 2.89. The smallest absolute Gasteiger partial charge is 0.410 e. The number of benzene rings is 3. The predicted molar refractivity (Wildman–Crippen MR) is 138 cm³/mol. The van der Waals surface area contributed by atoms with Gasteiger partial charge in [-0.15, -0.1) is 0 Å².